The first-order valence-electron chi connectivity index (χ1n) is 6.88. The Morgan fingerprint density at radius 2 is 2.14 bits per heavy atom. The smallest absolute Gasteiger partial charge is 0.250 e. The number of nitrogens with one attached hydrogen (secondary N) is 1. The van der Waals surface area contributed by atoms with E-state index in [2.05, 4.69) is 22.4 Å². The molecule has 0 bridgehead atoms. The first kappa shape index (κ1) is 16.6. The van der Waals surface area contributed by atoms with E-state index in [1.165, 1.54) is 29.5 Å². The number of anilines is 1. The van der Waals surface area contributed by atoms with Gasteiger partial charge in [-0.15, -0.1) is 10.2 Å². The minimum atomic E-state index is -0.302. The predicted octanol–water partition coefficient (Wildman–Crippen LogP) is 4.22. The van der Waals surface area contributed by atoms with Gasteiger partial charge >= 0.3 is 0 Å². The van der Waals surface area contributed by atoms with Gasteiger partial charge in [0.1, 0.15) is 5.82 Å². The zero-order valence-electron chi connectivity index (χ0n) is 12.1. The Kier molecular flexibility index (Phi) is 6.54. The number of hydrogen-bond acceptors (Lipinski definition) is 5. The minimum Gasteiger partial charge on any atom is -0.297 e. The highest BCUT2D eigenvalue weighted by molar-refractivity contribution is 8.01. The van der Waals surface area contributed by atoms with Gasteiger partial charge in [-0.3, -0.25) is 10.1 Å². The molecule has 116 valence electrons. The van der Waals surface area contributed by atoms with Crippen molar-refractivity contribution in [1.82, 2.24) is 10.2 Å². The molecule has 2 aromatic rings. The van der Waals surface area contributed by atoms with Crippen LogP contribution in [0.4, 0.5) is 9.52 Å². The highest BCUT2D eigenvalue weighted by Crippen LogP contribution is 2.26. The molecule has 1 aromatic heterocycles. The lowest BCUT2D eigenvalue weighted by Crippen LogP contribution is -2.07. The van der Waals surface area contributed by atoms with Crippen LogP contribution in [0.5, 0.6) is 0 Å². The highest BCUT2D eigenvalue weighted by Gasteiger charge is 2.06. The van der Waals surface area contributed by atoms with Crippen molar-refractivity contribution in [3.63, 3.8) is 0 Å². The number of unbranched alkanes of at least 4 members (excludes halogenated alkanes) is 1. The molecule has 1 heterocycles. The summed E-state index contributed by atoms with van der Waals surface area (Å²) in [7, 11) is 0. The van der Waals surface area contributed by atoms with E-state index >= 15 is 0 Å². The average molecular weight is 337 g/mol. The molecule has 0 aliphatic carbocycles. The topological polar surface area (TPSA) is 54.9 Å². The fourth-order valence-corrected chi connectivity index (χ4v) is 3.42. The molecule has 0 aliphatic heterocycles. The van der Waals surface area contributed by atoms with Gasteiger partial charge in [0.05, 0.1) is 0 Å². The number of nitrogens with zero attached hydrogens (tertiary/aromatic N) is 2. The Labute approximate surface area is 136 Å². The summed E-state index contributed by atoms with van der Waals surface area (Å²) in [6.07, 6.45) is 5.28. The van der Waals surface area contributed by atoms with E-state index in [0.29, 0.717) is 5.13 Å². The second-order valence-corrected chi connectivity index (χ2v) is 6.77. The zero-order chi connectivity index (χ0) is 15.8. The van der Waals surface area contributed by atoms with Crippen LogP contribution in [0.3, 0.4) is 0 Å². The lowest BCUT2D eigenvalue weighted by atomic mass is 10.2. The summed E-state index contributed by atoms with van der Waals surface area (Å²) in [5, 5.41) is 11.1. The van der Waals surface area contributed by atoms with Gasteiger partial charge in [0.25, 0.3) is 0 Å². The molecule has 1 N–H and O–H groups in total. The zero-order valence-corrected chi connectivity index (χ0v) is 13.7. The first-order chi connectivity index (χ1) is 10.7. The van der Waals surface area contributed by atoms with Crippen molar-refractivity contribution in [1.29, 1.82) is 0 Å². The molecule has 0 fully saturated rings. The van der Waals surface area contributed by atoms with E-state index in [0.717, 1.165) is 28.5 Å². The van der Waals surface area contributed by atoms with Crippen LogP contribution in [-0.4, -0.2) is 21.9 Å². The third-order valence-electron chi connectivity index (χ3n) is 2.66. The van der Waals surface area contributed by atoms with Gasteiger partial charge < -0.3 is 0 Å². The third kappa shape index (κ3) is 5.57. The molecule has 22 heavy (non-hydrogen) atoms. The molecule has 0 atom stereocenters. The summed E-state index contributed by atoms with van der Waals surface area (Å²) in [5.74, 6) is 0.415. The molecule has 0 aliphatic rings. The Bertz CT molecular complexity index is 640. The van der Waals surface area contributed by atoms with Gasteiger partial charge in [0, 0.05) is 11.8 Å². The van der Waals surface area contributed by atoms with Crippen LogP contribution in [0.2, 0.25) is 0 Å². The van der Waals surface area contributed by atoms with Crippen LogP contribution in [0.25, 0.3) is 6.08 Å². The van der Waals surface area contributed by atoms with Crippen LogP contribution in [0.15, 0.2) is 34.7 Å². The van der Waals surface area contributed by atoms with Crippen LogP contribution in [0, 0.1) is 5.82 Å². The first-order valence-corrected chi connectivity index (χ1v) is 8.68. The summed E-state index contributed by atoms with van der Waals surface area (Å²) >= 11 is 3.01. The Morgan fingerprint density at radius 3 is 2.86 bits per heavy atom. The van der Waals surface area contributed by atoms with E-state index in [-0.39, 0.29) is 11.7 Å². The van der Waals surface area contributed by atoms with Crippen LogP contribution < -0.4 is 5.32 Å². The van der Waals surface area contributed by atoms with Gasteiger partial charge in [-0.05, 0) is 30.2 Å². The molecule has 0 unspecified atom stereocenters. The monoisotopic (exact) mass is 337 g/mol. The molecule has 0 spiro atoms. The Balaban J connectivity index is 1.85. The van der Waals surface area contributed by atoms with Crippen molar-refractivity contribution in [2.75, 3.05) is 11.1 Å². The Morgan fingerprint density at radius 1 is 1.36 bits per heavy atom. The molecule has 2 rings (SSSR count). The van der Waals surface area contributed by atoms with E-state index in [4.69, 9.17) is 0 Å². The molecule has 1 aromatic carbocycles. The number of rotatable bonds is 7. The fourth-order valence-electron chi connectivity index (χ4n) is 1.52. The van der Waals surface area contributed by atoms with Gasteiger partial charge in [-0.25, -0.2) is 4.39 Å². The van der Waals surface area contributed by atoms with Crippen molar-refractivity contribution in [3.05, 3.63) is 41.7 Å². The maximum atomic E-state index is 12.8. The van der Waals surface area contributed by atoms with Crippen LogP contribution in [0.1, 0.15) is 25.3 Å². The molecule has 7 heteroatoms. The standard InChI is InChI=1S/C15H16FN3OS2/c1-2-3-10-21-15-19-18-14(22-15)17-13(20)9-6-11-4-7-12(16)8-5-11/h4-9H,2-3,10H2,1H3,(H,17,18,20)/b9-6+. The Hall–Kier alpha value is -1.73. The van der Waals surface area contributed by atoms with Crippen molar-refractivity contribution in [3.8, 4) is 0 Å². The maximum Gasteiger partial charge on any atom is 0.250 e. The van der Waals surface area contributed by atoms with Crippen LogP contribution in [-0.2, 0) is 4.79 Å². The number of halogens is 1. The van der Waals surface area contributed by atoms with Gasteiger partial charge in [0.2, 0.25) is 11.0 Å². The predicted molar refractivity (Wildman–Crippen MR) is 89.6 cm³/mol. The second kappa shape index (κ2) is 8.65. The minimum absolute atomic E-state index is 0.286. The molecule has 0 saturated heterocycles. The quantitative estimate of drug-likeness (QED) is 0.356. The summed E-state index contributed by atoms with van der Waals surface area (Å²) in [4.78, 5) is 11.8. The lowest BCUT2D eigenvalue weighted by Gasteiger charge is -1.95. The number of carbonyl (C=O) groups is 1. The maximum absolute atomic E-state index is 12.8. The number of hydrogen-bond donors (Lipinski definition) is 1. The van der Waals surface area contributed by atoms with Crippen molar-refractivity contribution >= 4 is 40.2 Å². The van der Waals surface area contributed by atoms with Gasteiger partial charge in [0.15, 0.2) is 4.34 Å². The van der Waals surface area contributed by atoms with E-state index in [1.807, 2.05) is 0 Å². The normalized spacial score (nSPS) is 11.0. The largest absolute Gasteiger partial charge is 0.297 e. The van der Waals surface area contributed by atoms with Crippen molar-refractivity contribution in [2.45, 2.75) is 24.1 Å². The molecule has 0 radical (unpaired) electrons. The molecule has 4 nitrogen and oxygen atoms in total. The molecule has 1 amide bonds. The van der Waals surface area contributed by atoms with Crippen molar-refractivity contribution in [2.24, 2.45) is 0 Å². The highest BCUT2D eigenvalue weighted by atomic mass is 32.2. The lowest BCUT2D eigenvalue weighted by molar-refractivity contribution is -0.111. The molecular weight excluding hydrogens is 321 g/mol. The average Bonchev–Trinajstić information content (AvgIpc) is 2.94. The number of amides is 1. The summed E-state index contributed by atoms with van der Waals surface area (Å²) in [6.45, 7) is 2.14. The summed E-state index contributed by atoms with van der Waals surface area (Å²) < 4.78 is 13.6. The summed E-state index contributed by atoms with van der Waals surface area (Å²) in [6, 6.07) is 5.91. The number of thioether (sulfide) groups is 1. The number of carbonyl (C=O) groups excluding carboxylic acids is 1. The van der Waals surface area contributed by atoms with E-state index in [9.17, 15) is 9.18 Å². The molecule has 0 saturated carbocycles. The van der Waals surface area contributed by atoms with Gasteiger partial charge in [-0.2, -0.15) is 0 Å². The van der Waals surface area contributed by atoms with Gasteiger partial charge in [-0.1, -0.05) is 48.6 Å². The number of aromatic nitrogens is 2. The molecular formula is C15H16FN3OS2. The van der Waals surface area contributed by atoms with E-state index in [1.54, 1.807) is 30.0 Å². The summed E-state index contributed by atoms with van der Waals surface area (Å²) in [5.41, 5.74) is 0.754. The van der Waals surface area contributed by atoms with Crippen LogP contribution >= 0.6 is 23.1 Å². The van der Waals surface area contributed by atoms with E-state index < -0.39 is 0 Å². The van der Waals surface area contributed by atoms with Crippen molar-refractivity contribution < 1.29 is 9.18 Å². The SMILES string of the molecule is CCCCSc1nnc(NC(=O)/C=C/c2ccc(F)cc2)s1. The second-order valence-electron chi connectivity index (χ2n) is 4.45. The third-order valence-corrected chi connectivity index (χ3v) is 4.72. The fraction of sp³-hybridized carbons (Fsp3) is 0.267. The number of benzene rings is 1.